The molecule has 1 atom stereocenters. The lowest BCUT2D eigenvalue weighted by Crippen LogP contribution is -2.33. The average molecular weight is 285 g/mol. The van der Waals surface area contributed by atoms with Crippen molar-refractivity contribution >= 4 is 10.0 Å². The third-order valence-corrected chi connectivity index (χ3v) is 5.71. The van der Waals surface area contributed by atoms with E-state index >= 15 is 0 Å². The molecule has 6 heteroatoms. The zero-order chi connectivity index (χ0) is 14.0. The van der Waals surface area contributed by atoms with Crippen LogP contribution in [0.25, 0.3) is 0 Å². The number of aromatic nitrogens is 1. The Labute approximate surface area is 115 Å². The first-order valence-corrected chi connectivity index (χ1v) is 8.35. The lowest BCUT2D eigenvalue weighted by Gasteiger charge is -2.19. The Bertz CT molecular complexity index is 536. The van der Waals surface area contributed by atoms with Crippen molar-refractivity contribution in [3.05, 3.63) is 18.0 Å². The third-order valence-electron chi connectivity index (χ3n) is 3.73. The van der Waals surface area contributed by atoms with Gasteiger partial charge in [0, 0.05) is 37.6 Å². The molecule has 1 aromatic rings. The fourth-order valence-electron chi connectivity index (χ4n) is 2.69. The van der Waals surface area contributed by atoms with Crippen LogP contribution in [0.5, 0.6) is 0 Å². The summed E-state index contributed by atoms with van der Waals surface area (Å²) in [4.78, 5) is 0.384. The van der Waals surface area contributed by atoms with Crippen molar-refractivity contribution in [3.8, 4) is 0 Å². The van der Waals surface area contributed by atoms with Gasteiger partial charge in [0.15, 0.2) is 0 Å². The second-order valence-corrected chi connectivity index (χ2v) is 7.06. The normalized spacial score (nSPS) is 21.1. The SMILES string of the molecule is CCCn1cc(S(=O)(=O)N2CCCC2C)cc1CN. The highest BCUT2D eigenvalue weighted by atomic mass is 32.2. The van der Waals surface area contributed by atoms with E-state index in [1.165, 1.54) is 0 Å². The van der Waals surface area contributed by atoms with Crippen molar-refractivity contribution < 1.29 is 8.42 Å². The highest BCUT2D eigenvalue weighted by Crippen LogP contribution is 2.26. The second kappa shape index (κ2) is 5.64. The van der Waals surface area contributed by atoms with Crippen molar-refractivity contribution in [2.24, 2.45) is 5.73 Å². The first kappa shape index (κ1) is 14.6. The molecule has 1 aromatic heterocycles. The van der Waals surface area contributed by atoms with Crippen molar-refractivity contribution in [3.63, 3.8) is 0 Å². The zero-order valence-corrected chi connectivity index (χ0v) is 12.5. The number of sulfonamides is 1. The van der Waals surface area contributed by atoms with Gasteiger partial charge in [-0.1, -0.05) is 6.92 Å². The predicted octanol–water partition coefficient (Wildman–Crippen LogP) is 1.53. The van der Waals surface area contributed by atoms with E-state index in [9.17, 15) is 8.42 Å². The highest BCUT2D eigenvalue weighted by Gasteiger charge is 2.33. The van der Waals surface area contributed by atoms with Gasteiger partial charge in [0.1, 0.15) is 4.90 Å². The molecule has 1 unspecified atom stereocenters. The van der Waals surface area contributed by atoms with Crippen LogP contribution in [0, 0.1) is 0 Å². The molecule has 0 saturated carbocycles. The lowest BCUT2D eigenvalue weighted by atomic mass is 10.3. The minimum absolute atomic E-state index is 0.0980. The Morgan fingerprint density at radius 1 is 1.47 bits per heavy atom. The molecule has 1 saturated heterocycles. The van der Waals surface area contributed by atoms with Crippen LogP contribution in [0.1, 0.15) is 38.8 Å². The van der Waals surface area contributed by atoms with E-state index in [0.29, 0.717) is 18.0 Å². The molecule has 1 fully saturated rings. The van der Waals surface area contributed by atoms with Crippen LogP contribution in [0.4, 0.5) is 0 Å². The number of hydrogen-bond donors (Lipinski definition) is 1. The van der Waals surface area contributed by atoms with Crippen LogP contribution in [0.3, 0.4) is 0 Å². The number of nitrogens with zero attached hydrogens (tertiary/aromatic N) is 2. The van der Waals surface area contributed by atoms with Crippen molar-refractivity contribution in [2.75, 3.05) is 6.54 Å². The van der Waals surface area contributed by atoms with Gasteiger partial charge in [-0.15, -0.1) is 0 Å². The molecule has 2 N–H and O–H groups in total. The predicted molar refractivity (Wildman–Crippen MR) is 75.2 cm³/mol. The summed E-state index contributed by atoms with van der Waals surface area (Å²) in [6.07, 6.45) is 4.58. The van der Waals surface area contributed by atoms with Crippen molar-refractivity contribution in [1.82, 2.24) is 8.87 Å². The minimum Gasteiger partial charge on any atom is -0.349 e. The van der Waals surface area contributed by atoms with E-state index in [2.05, 4.69) is 6.92 Å². The van der Waals surface area contributed by atoms with E-state index < -0.39 is 10.0 Å². The molecule has 0 bridgehead atoms. The van der Waals surface area contributed by atoms with Crippen molar-refractivity contribution in [1.29, 1.82) is 0 Å². The standard InChI is InChI=1S/C13H23N3O2S/c1-3-6-15-10-13(8-12(15)9-14)19(17,18)16-7-4-5-11(16)2/h8,10-11H,3-7,9,14H2,1-2H3. The smallest absolute Gasteiger partial charge is 0.244 e. The van der Waals surface area contributed by atoms with Gasteiger partial charge < -0.3 is 10.3 Å². The highest BCUT2D eigenvalue weighted by molar-refractivity contribution is 7.89. The summed E-state index contributed by atoms with van der Waals surface area (Å²) in [6, 6.07) is 1.82. The zero-order valence-electron chi connectivity index (χ0n) is 11.7. The van der Waals surface area contributed by atoms with E-state index in [1.54, 1.807) is 16.6 Å². The summed E-state index contributed by atoms with van der Waals surface area (Å²) in [5.74, 6) is 0. The summed E-state index contributed by atoms with van der Waals surface area (Å²) >= 11 is 0. The maximum Gasteiger partial charge on any atom is 0.244 e. The van der Waals surface area contributed by atoms with Gasteiger partial charge in [0.05, 0.1) is 0 Å². The molecule has 2 rings (SSSR count). The van der Waals surface area contributed by atoms with Gasteiger partial charge in [-0.2, -0.15) is 4.31 Å². The monoisotopic (exact) mass is 285 g/mol. The van der Waals surface area contributed by atoms with E-state index in [1.807, 2.05) is 11.5 Å². The molecular formula is C13H23N3O2S. The fraction of sp³-hybridized carbons (Fsp3) is 0.692. The average Bonchev–Trinajstić information content (AvgIpc) is 2.96. The molecule has 19 heavy (non-hydrogen) atoms. The number of nitrogens with two attached hydrogens (primary N) is 1. The molecule has 108 valence electrons. The van der Waals surface area contributed by atoms with Crippen LogP contribution >= 0.6 is 0 Å². The fourth-order valence-corrected chi connectivity index (χ4v) is 4.45. The van der Waals surface area contributed by atoms with E-state index in [0.717, 1.165) is 31.5 Å². The molecule has 0 aromatic carbocycles. The molecule has 0 spiro atoms. The van der Waals surface area contributed by atoms with E-state index in [-0.39, 0.29) is 6.04 Å². The third kappa shape index (κ3) is 2.70. The van der Waals surface area contributed by atoms with Crippen LogP contribution in [-0.4, -0.2) is 29.9 Å². The maximum absolute atomic E-state index is 12.6. The molecule has 0 aliphatic carbocycles. The first-order chi connectivity index (χ1) is 9.00. The molecule has 2 heterocycles. The molecule has 1 aliphatic heterocycles. The Morgan fingerprint density at radius 2 is 2.21 bits per heavy atom. The van der Waals surface area contributed by atoms with Gasteiger partial charge in [-0.3, -0.25) is 0 Å². The largest absolute Gasteiger partial charge is 0.349 e. The lowest BCUT2D eigenvalue weighted by molar-refractivity contribution is 0.408. The van der Waals surface area contributed by atoms with Crippen LogP contribution in [0.15, 0.2) is 17.2 Å². The summed E-state index contributed by atoms with van der Waals surface area (Å²) in [6.45, 7) is 5.83. The number of rotatable bonds is 5. The number of hydrogen-bond acceptors (Lipinski definition) is 3. The van der Waals surface area contributed by atoms with Gasteiger partial charge in [-0.25, -0.2) is 8.42 Å². The van der Waals surface area contributed by atoms with Crippen LogP contribution < -0.4 is 5.73 Å². The van der Waals surface area contributed by atoms with Gasteiger partial charge in [-0.05, 0) is 32.3 Å². The van der Waals surface area contributed by atoms with Gasteiger partial charge in [0.25, 0.3) is 0 Å². The minimum atomic E-state index is -3.36. The molecule has 5 nitrogen and oxygen atoms in total. The molecule has 0 radical (unpaired) electrons. The Balaban J connectivity index is 2.35. The number of aryl methyl sites for hydroxylation is 1. The summed E-state index contributed by atoms with van der Waals surface area (Å²) in [5, 5.41) is 0. The van der Waals surface area contributed by atoms with Crippen LogP contribution in [0.2, 0.25) is 0 Å². The Kier molecular flexibility index (Phi) is 4.32. The van der Waals surface area contributed by atoms with Crippen molar-refractivity contribution in [2.45, 2.75) is 57.1 Å². The summed E-state index contributed by atoms with van der Waals surface area (Å²) in [5.41, 5.74) is 6.57. The van der Waals surface area contributed by atoms with Gasteiger partial charge >= 0.3 is 0 Å². The summed E-state index contributed by atoms with van der Waals surface area (Å²) < 4.78 is 28.8. The molecular weight excluding hydrogens is 262 g/mol. The Morgan fingerprint density at radius 3 is 2.74 bits per heavy atom. The molecule has 0 amide bonds. The Hall–Kier alpha value is -0.850. The maximum atomic E-state index is 12.6. The van der Waals surface area contributed by atoms with Crippen LogP contribution in [-0.2, 0) is 23.1 Å². The van der Waals surface area contributed by atoms with E-state index in [4.69, 9.17) is 5.73 Å². The second-order valence-electron chi connectivity index (χ2n) is 5.17. The topological polar surface area (TPSA) is 68.3 Å². The summed E-state index contributed by atoms with van der Waals surface area (Å²) in [7, 11) is -3.36. The quantitative estimate of drug-likeness (QED) is 0.892. The first-order valence-electron chi connectivity index (χ1n) is 6.91. The van der Waals surface area contributed by atoms with Gasteiger partial charge in [0.2, 0.25) is 10.0 Å². The molecule has 1 aliphatic rings.